The van der Waals surface area contributed by atoms with Gasteiger partial charge in [0.1, 0.15) is 12.4 Å². The molecule has 1 aromatic carbocycles. The first kappa shape index (κ1) is 15.8. The molecule has 0 aliphatic carbocycles. The number of rotatable bonds is 7. The minimum absolute atomic E-state index is 0.731. The van der Waals surface area contributed by atoms with Gasteiger partial charge in [-0.25, -0.2) is 0 Å². The first-order valence-corrected chi connectivity index (χ1v) is 8.03. The van der Waals surface area contributed by atoms with Crippen molar-refractivity contribution < 1.29 is 4.74 Å². The van der Waals surface area contributed by atoms with Gasteiger partial charge < -0.3 is 15.0 Å². The number of hydrogen-bond donors (Lipinski definition) is 1. The molecule has 0 atom stereocenters. The van der Waals surface area contributed by atoms with Crippen LogP contribution in [0.1, 0.15) is 0 Å². The van der Waals surface area contributed by atoms with Gasteiger partial charge in [0.25, 0.3) is 0 Å². The lowest BCUT2D eigenvalue weighted by Crippen LogP contribution is -2.46. The molecule has 4 nitrogen and oxygen atoms in total. The second kappa shape index (κ2) is 8.62. The standard InChI is InChI=1S/C15H24BrN3O/c1-18(9-10-19-7-5-17-6-8-19)11-12-20-15-4-2-3-14(16)13-15/h2-4,13,17H,5-12H2,1H3. The monoisotopic (exact) mass is 341 g/mol. The summed E-state index contributed by atoms with van der Waals surface area (Å²) in [5.74, 6) is 0.926. The van der Waals surface area contributed by atoms with E-state index in [1.165, 1.54) is 13.1 Å². The molecule has 1 aliphatic rings. The minimum atomic E-state index is 0.731. The number of nitrogens with one attached hydrogen (secondary N) is 1. The normalized spacial score (nSPS) is 16.6. The SMILES string of the molecule is CN(CCOc1cccc(Br)c1)CCN1CCNCC1. The van der Waals surface area contributed by atoms with Crippen molar-refractivity contribution in [1.82, 2.24) is 15.1 Å². The van der Waals surface area contributed by atoms with Crippen LogP contribution in [0.25, 0.3) is 0 Å². The molecule has 20 heavy (non-hydrogen) atoms. The Kier molecular flexibility index (Phi) is 6.79. The Hall–Kier alpha value is -0.620. The highest BCUT2D eigenvalue weighted by atomic mass is 79.9. The van der Waals surface area contributed by atoms with Crippen LogP contribution < -0.4 is 10.1 Å². The van der Waals surface area contributed by atoms with E-state index in [9.17, 15) is 0 Å². The van der Waals surface area contributed by atoms with Crippen molar-refractivity contribution in [2.45, 2.75) is 0 Å². The molecule has 0 amide bonds. The molecule has 2 rings (SSSR count). The molecule has 0 bridgehead atoms. The molecule has 0 radical (unpaired) electrons. The van der Waals surface area contributed by atoms with Crippen LogP contribution in [0.5, 0.6) is 5.75 Å². The van der Waals surface area contributed by atoms with E-state index in [1.807, 2.05) is 24.3 Å². The zero-order chi connectivity index (χ0) is 14.2. The Bertz CT molecular complexity index is 396. The summed E-state index contributed by atoms with van der Waals surface area (Å²) in [7, 11) is 2.16. The second-order valence-corrected chi connectivity index (χ2v) is 6.12. The Morgan fingerprint density at radius 1 is 1.30 bits per heavy atom. The molecular weight excluding hydrogens is 318 g/mol. The summed E-state index contributed by atoms with van der Waals surface area (Å²) >= 11 is 3.45. The number of hydrogen-bond acceptors (Lipinski definition) is 4. The first-order chi connectivity index (χ1) is 9.74. The van der Waals surface area contributed by atoms with Gasteiger partial charge in [0, 0.05) is 50.3 Å². The number of nitrogens with zero attached hydrogens (tertiary/aromatic N) is 2. The van der Waals surface area contributed by atoms with Crippen molar-refractivity contribution in [3.63, 3.8) is 0 Å². The maximum absolute atomic E-state index is 5.75. The maximum Gasteiger partial charge on any atom is 0.120 e. The van der Waals surface area contributed by atoms with Gasteiger partial charge in [-0.1, -0.05) is 22.0 Å². The smallest absolute Gasteiger partial charge is 0.120 e. The van der Waals surface area contributed by atoms with Gasteiger partial charge >= 0.3 is 0 Å². The molecule has 112 valence electrons. The van der Waals surface area contributed by atoms with Crippen molar-refractivity contribution in [3.8, 4) is 5.75 Å². The summed E-state index contributed by atoms with van der Waals surface area (Å²) in [6.45, 7) is 8.51. The predicted octanol–water partition coefficient (Wildman–Crippen LogP) is 1.66. The predicted molar refractivity (Wildman–Crippen MR) is 86.4 cm³/mol. The van der Waals surface area contributed by atoms with Gasteiger partial charge in [-0.05, 0) is 25.2 Å². The van der Waals surface area contributed by atoms with Crippen molar-refractivity contribution in [1.29, 1.82) is 0 Å². The third kappa shape index (κ3) is 5.79. The molecule has 5 heteroatoms. The van der Waals surface area contributed by atoms with Gasteiger partial charge in [0.15, 0.2) is 0 Å². The van der Waals surface area contributed by atoms with Crippen LogP contribution in [0.4, 0.5) is 0 Å². The Morgan fingerprint density at radius 2 is 2.10 bits per heavy atom. The van der Waals surface area contributed by atoms with E-state index in [-0.39, 0.29) is 0 Å². The average Bonchev–Trinajstić information content (AvgIpc) is 2.46. The second-order valence-electron chi connectivity index (χ2n) is 5.20. The van der Waals surface area contributed by atoms with E-state index in [0.717, 1.165) is 49.6 Å². The molecule has 1 aromatic rings. The van der Waals surface area contributed by atoms with E-state index in [4.69, 9.17) is 4.74 Å². The Labute approximate surface area is 130 Å². The molecule has 1 fully saturated rings. The van der Waals surface area contributed by atoms with E-state index in [2.05, 4.69) is 38.1 Å². The fourth-order valence-corrected chi connectivity index (χ4v) is 2.61. The zero-order valence-corrected chi connectivity index (χ0v) is 13.7. The molecule has 1 heterocycles. The molecule has 0 spiro atoms. The number of benzene rings is 1. The van der Waals surface area contributed by atoms with E-state index >= 15 is 0 Å². The van der Waals surface area contributed by atoms with Crippen molar-refractivity contribution in [2.24, 2.45) is 0 Å². The zero-order valence-electron chi connectivity index (χ0n) is 12.1. The Morgan fingerprint density at radius 3 is 2.85 bits per heavy atom. The van der Waals surface area contributed by atoms with Crippen molar-refractivity contribution in [2.75, 3.05) is 59.5 Å². The van der Waals surface area contributed by atoms with Crippen LogP contribution in [-0.2, 0) is 0 Å². The van der Waals surface area contributed by atoms with Crippen LogP contribution in [0.15, 0.2) is 28.7 Å². The van der Waals surface area contributed by atoms with Crippen molar-refractivity contribution in [3.05, 3.63) is 28.7 Å². The lowest BCUT2D eigenvalue weighted by atomic mass is 10.3. The van der Waals surface area contributed by atoms with Gasteiger partial charge in [0.05, 0.1) is 0 Å². The summed E-state index contributed by atoms with van der Waals surface area (Å²) in [6.07, 6.45) is 0. The van der Waals surface area contributed by atoms with Gasteiger partial charge in [0.2, 0.25) is 0 Å². The number of piperazine rings is 1. The summed E-state index contributed by atoms with van der Waals surface area (Å²) in [5, 5.41) is 3.38. The maximum atomic E-state index is 5.75. The molecule has 0 saturated carbocycles. The molecule has 1 aliphatic heterocycles. The van der Waals surface area contributed by atoms with Crippen molar-refractivity contribution >= 4 is 15.9 Å². The summed E-state index contributed by atoms with van der Waals surface area (Å²) in [6, 6.07) is 7.99. The van der Waals surface area contributed by atoms with Gasteiger partial charge in [-0.3, -0.25) is 4.90 Å². The largest absolute Gasteiger partial charge is 0.492 e. The fourth-order valence-electron chi connectivity index (χ4n) is 2.23. The highest BCUT2D eigenvalue weighted by molar-refractivity contribution is 9.10. The van der Waals surface area contributed by atoms with Crippen LogP contribution in [0.3, 0.4) is 0 Å². The Balaban J connectivity index is 1.58. The third-order valence-electron chi connectivity index (χ3n) is 3.55. The number of halogens is 1. The number of ether oxygens (including phenoxy) is 1. The average molecular weight is 342 g/mol. The fraction of sp³-hybridized carbons (Fsp3) is 0.600. The topological polar surface area (TPSA) is 27.7 Å². The van der Waals surface area contributed by atoms with Crippen LogP contribution in [0, 0.1) is 0 Å². The highest BCUT2D eigenvalue weighted by Crippen LogP contribution is 2.17. The lowest BCUT2D eigenvalue weighted by Gasteiger charge is -2.29. The van der Waals surface area contributed by atoms with Crippen LogP contribution in [-0.4, -0.2) is 69.3 Å². The highest BCUT2D eigenvalue weighted by Gasteiger charge is 2.09. The van der Waals surface area contributed by atoms with Gasteiger partial charge in [-0.2, -0.15) is 0 Å². The lowest BCUT2D eigenvalue weighted by molar-refractivity contribution is 0.187. The summed E-state index contributed by atoms with van der Waals surface area (Å²) < 4.78 is 6.81. The molecule has 0 unspecified atom stereocenters. The summed E-state index contributed by atoms with van der Waals surface area (Å²) in [5.41, 5.74) is 0. The molecule has 0 aromatic heterocycles. The van der Waals surface area contributed by atoms with Crippen LogP contribution in [0.2, 0.25) is 0 Å². The molecule has 1 N–H and O–H groups in total. The third-order valence-corrected chi connectivity index (χ3v) is 4.04. The number of likely N-dealkylation sites (N-methyl/N-ethyl adjacent to an activating group) is 1. The minimum Gasteiger partial charge on any atom is -0.492 e. The van der Waals surface area contributed by atoms with E-state index in [1.54, 1.807) is 0 Å². The first-order valence-electron chi connectivity index (χ1n) is 7.24. The van der Waals surface area contributed by atoms with Gasteiger partial charge in [-0.15, -0.1) is 0 Å². The van der Waals surface area contributed by atoms with E-state index < -0.39 is 0 Å². The van der Waals surface area contributed by atoms with Crippen LogP contribution >= 0.6 is 15.9 Å². The summed E-state index contributed by atoms with van der Waals surface area (Å²) in [4.78, 5) is 4.85. The quantitative estimate of drug-likeness (QED) is 0.816. The van der Waals surface area contributed by atoms with E-state index in [0.29, 0.717) is 0 Å². The molecule has 1 saturated heterocycles. The molecular formula is C15H24BrN3O.